The molecule has 1 aromatic heterocycles. The van der Waals surface area contributed by atoms with E-state index >= 15 is 0 Å². The SMILES string of the molecule is Cc1cc(C(=O)NCC(C)C)ccc1NC(=O)c1ccccc1-c1ncc(-c2ccccc2)o1. The molecule has 4 rings (SSSR count). The highest BCUT2D eigenvalue weighted by Gasteiger charge is 2.18. The van der Waals surface area contributed by atoms with Crippen LogP contribution in [0.5, 0.6) is 0 Å². The van der Waals surface area contributed by atoms with Gasteiger partial charge in [0, 0.05) is 28.9 Å². The van der Waals surface area contributed by atoms with Crippen LogP contribution in [0.1, 0.15) is 40.1 Å². The standard InChI is InChI=1S/C28H27N3O3/c1-18(2)16-29-26(32)21-13-14-24(19(3)15-21)31-27(33)22-11-7-8-12-23(22)28-30-17-25(34-28)20-9-5-4-6-10-20/h4-15,17-18H,16H2,1-3H3,(H,29,32)(H,31,33). The van der Waals surface area contributed by atoms with Crippen LogP contribution in [0.4, 0.5) is 5.69 Å². The molecule has 0 aliphatic heterocycles. The molecule has 4 aromatic rings. The van der Waals surface area contributed by atoms with Crippen molar-refractivity contribution in [2.75, 3.05) is 11.9 Å². The fraction of sp³-hybridized carbons (Fsp3) is 0.179. The molecule has 0 fully saturated rings. The highest BCUT2D eigenvalue weighted by Crippen LogP contribution is 2.29. The smallest absolute Gasteiger partial charge is 0.256 e. The lowest BCUT2D eigenvalue weighted by molar-refractivity contribution is 0.0948. The van der Waals surface area contributed by atoms with Crippen LogP contribution in [0.3, 0.4) is 0 Å². The maximum Gasteiger partial charge on any atom is 0.256 e. The first kappa shape index (κ1) is 23.0. The number of anilines is 1. The Bertz CT molecular complexity index is 1310. The fourth-order valence-electron chi connectivity index (χ4n) is 3.54. The van der Waals surface area contributed by atoms with Crippen molar-refractivity contribution in [3.63, 3.8) is 0 Å². The summed E-state index contributed by atoms with van der Waals surface area (Å²) in [7, 11) is 0. The molecule has 2 N–H and O–H groups in total. The molecule has 6 heteroatoms. The maximum atomic E-state index is 13.2. The lowest BCUT2D eigenvalue weighted by Crippen LogP contribution is -2.27. The largest absolute Gasteiger partial charge is 0.436 e. The molecule has 0 saturated heterocycles. The van der Waals surface area contributed by atoms with Gasteiger partial charge in [0.25, 0.3) is 11.8 Å². The number of carbonyl (C=O) groups is 2. The van der Waals surface area contributed by atoms with Crippen LogP contribution in [-0.4, -0.2) is 23.3 Å². The Morgan fingerprint density at radius 3 is 2.41 bits per heavy atom. The van der Waals surface area contributed by atoms with Crippen molar-refractivity contribution in [2.45, 2.75) is 20.8 Å². The number of hydrogen-bond acceptors (Lipinski definition) is 4. The average Bonchev–Trinajstić information content (AvgIpc) is 3.34. The third-order valence-electron chi connectivity index (χ3n) is 5.37. The molecule has 0 spiro atoms. The molecule has 0 radical (unpaired) electrons. The number of nitrogens with zero attached hydrogens (tertiary/aromatic N) is 1. The van der Waals surface area contributed by atoms with Crippen molar-refractivity contribution in [3.8, 4) is 22.8 Å². The van der Waals surface area contributed by atoms with Crippen LogP contribution in [0.2, 0.25) is 0 Å². The van der Waals surface area contributed by atoms with Crippen molar-refractivity contribution >= 4 is 17.5 Å². The van der Waals surface area contributed by atoms with Gasteiger partial charge in [-0.3, -0.25) is 9.59 Å². The number of oxazole rings is 1. The summed E-state index contributed by atoms with van der Waals surface area (Å²) in [5, 5.41) is 5.86. The molecule has 0 bridgehead atoms. The summed E-state index contributed by atoms with van der Waals surface area (Å²) < 4.78 is 5.97. The maximum absolute atomic E-state index is 13.2. The first-order chi connectivity index (χ1) is 16.4. The molecular weight excluding hydrogens is 426 g/mol. The molecule has 172 valence electrons. The summed E-state index contributed by atoms with van der Waals surface area (Å²) in [5.41, 5.74) is 3.95. The van der Waals surface area contributed by atoms with Gasteiger partial charge in [0.2, 0.25) is 5.89 Å². The van der Waals surface area contributed by atoms with Crippen molar-refractivity contribution in [1.82, 2.24) is 10.3 Å². The Morgan fingerprint density at radius 1 is 0.941 bits per heavy atom. The minimum atomic E-state index is -0.282. The van der Waals surface area contributed by atoms with E-state index in [0.29, 0.717) is 46.5 Å². The second kappa shape index (κ2) is 10.2. The Labute approximate surface area is 199 Å². The molecule has 0 aliphatic carbocycles. The van der Waals surface area contributed by atoms with Gasteiger partial charge >= 0.3 is 0 Å². The van der Waals surface area contributed by atoms with E-state index in [0.717, 1.165) is 11.1 Å². The van der Waals surface area contributed by atoms with E-state index in [4.69, 9.17) is 4.42 Å². The van der Waals surface area contributed by atoms with Gasteiger partial charge in [0.05, 0.1) is 11.8 Å². The average molecular weight is 454 g/mol. The predicted octanol–water partition coefficient (Wildman–Crippen LogP) is 5.96. The molecule has 0 atom stereocenters. The number of carbonyl (C=O) groups excluding carboxylic acids is 2. The van der Waals surface area contributed by atoms with Gasteiger partial charge in [-0.15, -0.1) is 0 Å². The summed E-state index contributed by atoms with van der Waals surface area (Å²) in [4.78, 5) is 29.9. The van der Waals surface area contributed by atoms with Gasteiger partial charge in [0.1, 0.15) is 0 Å². The van der Waals surface area contributed by atoms with Crippen LogP contribution in [-0.2, 0) is 0 Å². The zero-order chi connectivity index (χ0) is 24.1. The van der Waals surface area contributed by atoms with E-state index in [1.54, 1.807) is 36.5 Å². The molecule has 34 heavy (non-hydrogen) atoms. The van der Waals surface area contributed by atoms with E-state index in [1.807, 2.05) is 63.2 Å². The van der Waals surface area contributed by atoms with E-state index in [2.05, 4.69) is 15.6 Å². The summed E-state index contributed by atoms with van der Waals surface area (Å²) in [5.74, 6) is 0.968. The lowest BCUT2D eigenvalue weighted by Gasteiger charge is -2.12. The van der Waals surface area contributed by atoms with Crippen LogP contribution in [0, 0.1) is 12.8 Å². The molecule has 3 aromatic carbocycles. The number of amides is 2. The van der Waals surface area contributed by atoms with Gasteiger partial charge in [-0.05, 0) is 48.7 Å². The minimum Gasteiger partial charge on any atom is -0.436 e. The van der Waals surface area contributed by atoms with Crippen LogP contribution >= 0.6 is 0 Å². The third-order valence-corrected chi connectivity index (χ3v) is 5.37. The lowest BCUT2D eigenvalue weighted by atomic mass is 10.1. The van der Waals surface area contributed by atoms with Gasteiger partial charge in [0.15, 0.2) is 5.76 Å². The predicted molar refractivity (Wildman–Crippen MR) is 134 cm³/mol. The zero-order valence-corrected chi connectivity index (χ0v) is 19.5. The first-order valence-electron chi connectivity index (χ1n) is 11.2. The van der Waals surface area contributed by atoms with Gasteiger partial charge in [-0.25, -0.2) is 4.98 Å². The number of hydrogen-bond donors (Lipinski definition) is 2. The van der Waals surface area contributed by atoms with Gasteiger partial charge in [-0.1, -0.05) is 56.3 Å². The van der Waals surface area contributed by atoms with Gasteiger partial charge < -0.3 is 15.1 Å². The van der Waals surface area contributed by atoms with Crippen LogP contribution in [0.15, 0.2) is 83.4 Å². The van der Waals surface area contributed by atoms with Crippen molar-refractivity contribution in [2.24, 2.45) is 5.92 Å². The minimum absolute atomic E-state index is 0.127. The summed E-state index contributed by atoms with van der Waals surface area (Å²) in [6, 6.07) is 22.1. The summed E-state index contributed by atoms with van der Waals surface area (Å²) in [6.07, 6.45) is 1.66. The molecule has 1 heterocycles. The second-order valence-corrected chi connectivity index (χ2v) is 8.53. The van der Waals surface area contributed by atoms with E-state index < -0.39 is 0 Å². The summed E-state index contributed by atoms with van der Waals surface area (Å²) in [6.45, 7) is 6.56. The number of aryl methyl sites for hydroxylation is 1. The molecule has 0 aliphatic rings. The normalized spacial score (nSPS) is 10.8. The molecule has 2 amide bonds. The molecular formula is C28H27N3O3. The first-order valence-corrected chi connectivity index (χ1v) is 11.2. The quantitative estimate of drug-likeness (QED) is 0.362. The monoisotopic (exact) mass is 453 g/mol. The topological polar surface area (TPSA) is 84.2 Å². The van der Waals surface area contributed by atoms with E-state index in [-0.39, 0.29) is 11.8 Å². The highest BCUT2D eigenvalue weighted by molar-refractivity contribution is 6.08. The van der Waals surface area contributed by atoms with Gasteiger partial charge in [-0.2, -0.15) is 0 Å². The number of aromatic nitrogens is 1. The van der Waals surface area contributed by atoms with E-state index in [1.165, 1.54) is 0 Å². The molecule has 0 saturated carbocycles. The van der Waals surface area contributed by atoms with Crippen molar-refractivity contribution < 1.29 is 14.0 Å². The van der Waals surface area contributed by atoms with E-state index in [9.17, 15) is 9.59 Å². The zero-order valence-electron chi connectivity index (χ0n) is 19.5. The Hall–Kier alpha value is -4.19. The van der Waals surface area contributed by atoms with Crippen molar-refractivity contribution in [1.29, 1.82) is 0 Å². The third kappa shape index (κ3) is 5.23. The number of benzene rings is 3. The highest BCUT2D eigenvalue weighted by atomic mass is 16.4. The summed E-state index contributed by atoms with van der Waals surface area (Å²) >= 11 is 0. The second-order valence-electron chi connectivity index (χ2n) is 8.53. The van der Waals surface area contributed by atoms with Crippen LogP contribution in [0.25, 0.3) is 22.8 Å². The Kier molecular flexibility index (Phi) is 6.87. The Morgan fingerprint density at radius 2 is 1.68 bits per heavy atom. The van der Waals surface area contributed by atoms with Crippen LogP contribution < -0.4 is 10.6 Å². The molecule has 6 nitrogen and oxygen atoms in total. The number of rotatable bonds is 7. The number of nitrogens with one attached hydrogen (secondary N) is 2. The molecule has 0 unspecified atom stereocenters. The Balaban J connectivity index is 1.54. The fourth-order valence-corrected chi connectivity index (χ4v) is 3.54. The van der Waals surface area contributed by atoms with Crippen molar-refractivity contribution in [3.05, 3.63) is 95.7 Å².